The Morgan fingerprint density at radius 2 is 2.20 bits per heavy atom. The van der Waals surface area contributed by atoms with Gasteiger partial charge in [0.2, 0.25) is 0 Å². The van der Waals surface area contributed by atoms with Gasteiger partial charge in [0.1, 0.15) is 5.69 Å². The van der Waals surface area contributed by atoms with Crippen LogP contribution in [0.1, 0.15) is 27.0 Å². The summed E-state index contributed by atoms with van der Waals surface area (Å²) >= 11 is 1.54. The summed E-state index contributed by atoms with van der Waals surface area (Å²) in [6.45, 7) is 0.403. The molecule has 0 saturated carbocycles. The second-order valence-electron chi connectivity index (χ2n) is 4.50. The van der Waals surface area contributed by atoms with Crippen LogP contribution in [0.5, 0.6) is 0 Å². The number of carbonyl (C=O) groups is 2. The third-order valence-electron chi connectivity index (χ3n) is 3.34. The molecule has 20 heavy (non-hydrogen) atoms. The molecule has 2 aromatic heterocycles. The molecule has 0 spiro atoms. The minimum atomic E-state index is -1.01. The lowest BCUT2D eigenvalue weighted by Gasteiger charge is -2.32. The van der Waals surface area contributed by atoms with E-state index in [0.717, 1.165) is 10.4 Å². The van der Waals surface area contributed by atoms with Crippen molar-refractivity contribution < 1.29 is 14.7 Å². The van der Waals surface area contributed by atoms with Gasteiger partial charge in [-0.1, -0.05) is 6.07 Å². The van der Waals surface area contributed by atoms with E-state index in [4.69, 9.17) is 0 Å². The number of thiophene rings is 1. The summed E-state index contributed by atoms with van der Waals surface area (Å²) < 4.78 is 0. The van der Waals surface area contributed by atoms with Gasteiger partial charge in [0.15, 0.2) is 6.04 Å². The Balaban J connectivity index is 1.98. The van der Waals surface area contributed by atoms with Gasteiger partial charge in [0.05, 0.1) is 0 Å². The van der Waals surface area contributed by atoms with Crippen LogP contribution in [0.3, 0.4) is 0 Å². The predicted molar refractivity (Wildman–Crippen MR) is 73.7 cm³/mol. The number of hydrogen-bond donors (Lipinski definition) is 1. The molecular weight excluding hydrogens is 276 g/mol. The fraction of sp³-hybridized carbons (Fsp3) is 0.214. The van der Waals surface area contributed by atoms with Crippen LogP contribution in [0.25, 0.3) is 0 Å². The van der Waals surface area contributed by atoms with E-state index in [9.17, 15) is 14.7 Å². The van der Waals surface area contributed by atoms with Crippen molar-refractivity contribution in [1.29, 1.82) is 0 Å². The summed E-state index contributed by atoms with van der Waals surface area (Å²) in [5.74, 6) is -1.34. The number of rotatable bonds is 2. The Hall–Kier alpha value is -2.21. The minimum Gasteiger partial charge on any atom is -0.479 e. The van der Waals surface area contributed by atoms with E-state index in [1.165, 1.54) is 22.4 Å². The summed E-state index contributed by atoms with van der Waals surface area (Å²) in [7, 11) is 0. The normalized spacial score (nSPS) is 17.6. The molecule has 1 aliphatic heterocycles. The number of nitrogens with zero attached hydrogens (tertiary/aromatic N) is 2. The van der Waals surface area contributed by atoms with E-state index in [2.05, 4.69) is 4.98 Å². The van der Waals surface area contributed by atoms with E-state index >= 15 is 0 Å². The molecule has 0 radical (unpaired) electrons. The topological polar surface area (TPSA) is 70.5 Å². The van der Waals surface area contributed by atoms with E-state index in [1.54, 1.807) is 24.3 Å². The summed E-state index contributed by atoms with van der Waals surface area (Å²) in [6.07, 6.45) is 2.22. The van der Waals surface area contributed by atoms with Gasteiger partial charge < -0.3 is 10.0 Å². The maximum absolute atomic E-state index is 12.4. The molecular formula is C14H12N2O3S. The van der Waals surface area contributed by atoms with Crippen LogP contribution in [0, 0.1) is 0 Å². The van der Waals surface area contributed by atoms with Gasteiger partial charge in [-0.2, -0.15) is 0 Å². The quantitative estimate of drug-likeness (QED) is 0.917. The predicted octanol–water partition coefficient (Wildman–Crippen LogP) is 1.97. The highest BCUT2D eigenvalue weighted by atomic mass is 32.1. The van der Waals surface area contributed by atoms with E-state index in [-0.39, 0.29) is 11.6 Å². The lowest BCUT2D eigenvalue weighted by atomic mass is 9.99. The Morgan fingerprint density at radius 1 is 1.35 bits per heavy atom. The molecule has 0 bridgehead atoms. The zero-order valence-electron chi connectivity index (χ0n) is 10.5. The van der Waals surface area contributed by atoms with Gasteiger partial charge in [0, 0.05) is 17.6 Å². The molecule has 102 valence electrons. The SMILES string of the molecule is O=C(O)C1c2ccsc2CCN1C(=O)c1ccccn1. The zero-order valence-corrected chi connectivity index (χ0v) is 11.3. The lowest BCUT2D eigenvalue weighted by Crippen LogP contribution is -2.43. The number of amides is 1. The third kappa shape index (κ3) is 2.08. The monoisotopic (exact) mass is 288 g/mol. The zero-order chi connectivity index (χ0) is 14.1. The number of aromatic nitrogens is 1. The Bertz CT molecular complexity index is 653. The van der Waals surface area contributed by atoms with Crippen molar-refractivity contribution >= 4 is 23.2 Å². The second-order valence-corrected chi connectivity index (χ2v) is 5.50. The number of carbonyl (C=O) groups excluding carboxylic acids is 1. The van der Waals surface area contributed by atoms with E-state index < -0.39 is 12.0 Å². The highest BCUT2D eigenvalue weighted by molar-refractivity contribution is 7.10. The highest BCUT2D eigenvalue weighted by Crippen LogP contribution is 2.34. The van der Waals surface area contributed by atoms with Gasteiger partial charge >= 0.3 is 5.97 Å². The molecule has 1 aliphatic rings. The van der Waals surface area contributed by atoms with Crippen LogP contribution >= 0.6 is 11.3 Å². The van der Waals surface area contributed by atoms with Crippen molar-refractivity contribution in [3.63, 3.8) is 0 Å². The maximum Gasteiger partial charge on any atom is 0.331 e. The van der Waals surface area contributed by atoms with Crippen molar-refractivity contribution in [1.82, 2.24) is 9.88 Å². The van der Waals surface area contributed by atoms with Crippen molar-refractivity contribution in [2.24, 2.45) is 0 Å². The Labute approximate surface area is 119 Å². The number of hydrogen-bond acceptors (Lipinski definition) is 4. The van der Waals surface area contributed by atoms with Crippen LogP contribution < -0.4 is 0 Å². The Kier molecular flexibility index (Phi) is 3.23. The number of aliphatic carboxylic acids is 1. The van der Waals surface area contributed by atoms with Gasteiger partial charge in [0.25, 0.3) is 5.91 Å². The molecule has 1 atom stereocenters. The molecule has 3 rings (SSSR count). The van der Waals surface area contributed by atoms with Crippen LogP contribution in [0.4, 0.5) is 0 Å². The molecule has 3 heterocycles. The largest absolute Gasteiger partial charge is 0.479 e. The average molecular weight is 288 g/mol. The van der Waals surface area contributed by atoms with Crippen molar-refractivity contribution in [3.8, 4) is 0 Å². The summed E-state index contributed by atoms with van der Waals surface area (Å²) in [6, 6.07) is 5.91. The fourth-order valence-corrected chi connectivity index (χ4v) is 3.34. The fourth-order valence-electron chi connectivity index (χ4n) is 2.44. The molecule has 0 aromatic carbocycles. The van der Waals surface area contributed by atoms with Crippen LogP contribution in [0.2, 0.25) is 0 Å². The molecule has 0 saturated heterocycles. The average Bonchev–Trinajstić information content (AvgIpc) is 2.94. The first-order valence-electron chi connectivity index (χ1n) is 6.19. The van der Waals surface area contributed by atoms with Crippen molar-refractivity contribution in [2.75, 3.05) is 6.54 Å². The van der Waals surface area contributed by atoms with Gasteiger partial charge in [-0.3, -0.25) is 9.78 Å². The van der Waals surface area contributed by atoms with Gasteiger partial charge in [-0.15, -0.1) is 11.3 Å². The second kappa shape index (κ2) is 5.05. The summed E-state index contributed by atoms with van der Waals surface area (Å²) in [5, 5.41) is 11.3. The first-order chi connectivity index (χ1) is 9.68. The third-order valence-corrected chi connectivity index (χ3v) is 4.34. The van der Waals surface area contributed by atoms with E-state index in [1.807, 2.05) is 5.38 Å². The van der Waals surface area contributed by atoms with Gasteiger partial charge in [-0.05, 0) is 35.6 Å². The van der Waals surface area contributed by atoms with Crippen LogP contribution in [-0.2, 0) is 11.2 Å². The van der Waals surface area contributed by atoms with Crippen molar-refractivity contribution in [3.05, 3.63) is 52.0 Å². The summed E-state index contributed by atoms with van der Waals surface area (Å²) in [5.41, 5.74) is 0.996. The maximum atomic E-state index is 12.4. The van der Waals surface area contributed by atoms with Crippen LogP contribution in [-0.4, -0.2) is 33.4 Å². The number of carboxylic acids is 1. The first kappa shape index (κ1) is 12.8. The van der Waals surface area contributed by atoms with Gasteiger partial charge in [-0.25, -0.2) is 4.79 Å². The lowest BCUT2D eigenvalue weighted by molar-refractivity contribution is -0.142. The molecule has 0 fully saturated rings. The molecule has 0 aliphatic carbocycles. The standard InChI is InChI=1S/C14H12N2O3S/c17-13(10-3-1-2-6-15-10)16-7-4-11-9(5-8-20-11)12(16)14(18)19/h1-3,5-6,8,12H,4,7H2,(H,18,19). The first-order valence-corrected chi connectivity index (χ1v) is 7.07. The number of fused-ring (bicyclic) bond motifs is 1. The van der Waals surface area contributed by atoms with Crippen LogP contribution in [0.15, 0.2) is 35.8 Å². The smallest absolute Gasteiger partial charge is 0.331 e. The Morgan fingerprint density at radius 3 is 2.90 bits per heavy atom. The summed E-state index contributed by atoms with van der Waals surface area (Å²) in [4.78, 5) is 30.4. The minimum absolute atomic E-state index is 0.275. The molecule has 1 N–H and O–H groups in total. The molecule has 1 unspecified atom stereocenters. The highest BCUT2D eigenvalue weighted by Gasteiger charge is 2.37. The van der Waals surface area contributed by atoms with Crippen molar-refractivity contribution in [2.45, 2.75) is 12.5 Å². The van der Waals surface area contributed by atoms with E-state index in [0.29, 0.717) is 13.0 Å². The number of pyridine rings is 1. The number of carboxylic acid groups (broad SMARTS) is 1. The molecule has 2 aromatic rings. The molecule has 6 heteroatoms. The molecule has 1 amide bonds. The molecule has 5 nitrogen and oxygen atoms in total.